The Kier molecular flexibility index (Phi) is 5.65. The number of amidine groups is 1. The highest BCUT2D eigenvalue weighted by atomic mass is 127. The van der Waals surface area contributed by atoms with E-state index in [0.29, 0.717) is 10.1 Å². The zero-order valence-corrected chi connectivity index (χ0v) is 19.3. The Balaban J connectivity index is 1.63. The number of hydrogen-bond acceptors (Lipinski definition) is 3. The summed E-state index contributed by atoms with van der Waals surface area (Å²) in [4.78, 5) is 17.7. The van der Waals surface area contributed by atoms with E-state index >= 15 is 0 Å². The Morgan fingerprint density at radius 3 is 2.41 bits per heavy atom. The van der Waals surface area contributed by atoms with E-state index in [1.165, 1.54) is 20.9 Å². The Bertz CT molecular complexity index is 1140. The molecule has 1 fully saturated rings. The van der Waals surface area contributed by atoms with E-state index < -0.39 is 0 Å². The van der Waals surface area contributed by atoms with Gasteiger partial charge in [0.25, 0.3) is 5.91 Å². The van der Waals surface area contributed by atoms with Gasteiger partial charge in [-0.2, -0.15) is 0 Å². The molecule has 0 bridgehead atoms. The van der Waals surface area contributed by atoms with Gasteiger partial charge in [-0.3, -0.25) is 4.79 Å². The number of aryl methyl sites for hydroxylation is 2. The lowest BCUT2D eigenvalue weighted by Gasteiger charge is -2.09. The number of amides is 1. The molecular weight excluding hydrogens is 493 g/mol. The summed E-state index contributed by atoms with van der Waals surface area (Å²) in [6, 6.07) is 18.5. The van der Waals surface area contributed by atoms with Crippen LogP contribution in [0.3, 0.4) is 0 Å². The first-order valence-electron chi connectivity index (χ1n) is 9.22. The number of thioether (sulfide) groups is 1. The Morgan fingerprint density at radius 1 is 1.03 bits per heavy atom. The number of benzene rings is 2. The maximum absolute atomic E-state index is 12.5. The second-order valence-corrected chi connectivity index (χ2v) is 9.23. The molecule has 1 N–H and O–H groups in total. The second-order valence-electron chi connectivity index (χ2n) is 6.96. The molecule has 4 nitrogen and oxygen atoms in total. The first-order chi connectivity index (χ1) is 13.9. The lowest BCUT2D eigenvalue weighted by Crippen LogP contribution is -2.19. The van der Waals surface area contributed by atoms with Crippen molar-refractivity contribution in [3.63, 3.8) is 0 Å². The summed E-state index contributed by atoms with van der Waals surface area (Å²) < 4.78 is 3.41. The summed E-state index contributed by atoms with van der Waals surface area (Å²) in [5.41, 5.74) is 6.41. The van der Waals surface area contributed by atoms with Crippen LogP contribution in [0.25, 0.3) is 11.8 Å². The maximum Gasteiger partial charge on any atom is 0.264 e. The molecule has 2 aromatic carbocycles. The van der Waals surface area contributed by atoms with Crippen LogP contribution in [0.15, 0.2) is 64.5 Å². The largest absolute Gasteiger partial charge is 0.318 e. The third kappa shape index (κ3) is 4.33. The molecule has 0 unspecified atom stereocenters. The van der Waals surface area contributed by atoms with Crippen molar-refractivity contribution in [2.75, 3.05) is 0 Å². The minimum absolute atomic E-state index is 0.111. The van der Waals surface area contributed by atoms with E-state index in [0.717, 1.165) is 28.3 Å². The van der Waals surface area contributed by atoms with E-state index in [2.05, 4.69) is 81.6 Å². The van der Waals surface area contributed by atoms with Gasteiger partial charge in [0.1, 0.15) is 0 Å². The summed E-state index contributed by atoms with van der Waals surface area (Å²) in [5, 5.41) is 3.47. The van der Waals surface area contributed by atoms with Crippen molar-refractivity contribution in [1.82, 2.24) is 9.88 Å². The number of aliphatic imine (C=N–C) groups is 1. The minimum Gasteiger partial charge on any atom is -0.318 e. The van der Waals surface area contributed by atoms with Crippen molar-refractivity contribution in [3.05, 3.63) is 85.6 Å². The molecule has 6 heteroatoms. The number of halogens is 1. The zero-order valence-electron chi connectivity index (χ0n) is 16.4. The third-order valence-corrected chi connectivity index (χ3v) is 6.39. The first-order valence-corrected chi connectivity index (χ1v) is 11.1. The molecule has 3 aromatic rings. The molecule has 0 radical (unpaired) electrons. The molecule has 0 aliphatic carbocycles. The monoisotopic (exact) mass is 513 g/mol. The molecule has 1 aromatic heterocycles. The Hall–Kier alpha value is -2.32. The highest BCUT2D eigenvalue weighted by Crippen LogP contribution is 2.30. The van der Waals surface area contributed by atoms with Gasteiger partial charge in [-0.05, 0) is 109 Å². The number of carbonyl (C=O) groups is 1. The summed E-state index contributed by atoms with van der Waals surface area (Å²) in [7, 11) is 0. The molecule has 1 saturated heterocycles. The van der Waals surface area contributed by atoms with Crippen LogP contribution in [-0.4, -0.2) is 15.6 Å². The van der Waals surface area contributed by atoms with Crippen molar-refractivity contribution >= 4 is 57.2 Å². The van der Waals surface area contributed by atoms with Gasteiger partial charge in [0.05, 0.1) is 10.6 Å². The predicted octanol–water partition coefficient (Wildman–Crippen LogP) is 5.90. The number of hydrogen-bond donors (Lipinski definition) is 1. The van der Waals surface area contributed by atoms with Crippen molar-refractivity contribution in [1.29, 1.82) is 0 Å². The molecule has 0 spiro atoms. The molecule has 2 heterocycles. The number of nitrogens with one attached hydrogen (secondary N) is 1. The third-order valence-electron chi connectivity index (χ3n) is 4.76. The smallest absolute Gasteiger partial charge is 0.264 e. The van der Waals surface area contributed by atoms with Gasteiger partial charge < -0.3 is 9.88 Å². The minimum atomic E-state index is -0.111. The highest BCUT2D eigenvalue weighted by molar-refractivity contribution is 14.1. The van der Waals surface area contributed by atoms with Crippen LogP contribution in [0.2, 0.25) is 0 Å². The van der Waals surface area contributed by atoms with Gasteiger partial charge in [-0.1, -0.05) is 17.7 Å². The van der Waals surface area contributed by atoms with Crippen molar-refractivity contribution in [3.8, 4) is 5.69 Å². The van der Waals surface area contributed by atoms with Crippen LogP contribution < -0.4 is 5.32 Å². The van der Waals surface area contributed by atoms with E-state index in [4.69, 9.17) is 0 Å². The molecule has 4 rings (SSSR count). The Labute approximate surface area is 188 Å². The van der Waals surface area contributed by atoms with Crippen molar-refractivity contribution in [2.45, 2.75) is 20.8 Å². The predicted molar refractivity (Wildman–Crippen MR) is 130 cm³/mol. The van der Waals surface area contributed by atoms with E-state index in [1.54, 1.807) is 0 Å². The van der Waals surface area contributed by atoms with Crippen LogP contribution >= 0.6 is 34.4 Å². The van der Waals surface area contributed by atoms with E-state index in [1.807, 2.05) is 37.3 Å². The van der Waals surface area contributed by atoms with Gasteiger partial charge in [-0.15, -0.1) is 0 Å². The van der Waals surface area contributed by atoms with Crippen LogP contribution in [0.4, 0.5) is 5.69 Å². The molecule has 146 valence electrons. The fraction of sp³-hybridized carbons (Fsp3) is 0.130. The molecule has 1 aliphatic rings. The van der Waals surface area contributed by atoms with Crippen LogP contribution in [0, 0.1) is 24.3 Å². The van der Waals surface area contributed by atoms with E-state index in [9.17, 15) is 4.79 Å². The normalized spacial score (nSPS) is 16.6. The fourth-order valence-corrected chi connectivity index (χ4v) is 4.47. The van der Waals surface area contributed by atoms with E-state index in [-0.39, 0.29) is 5.91 Å². The summed E-state index contributed by atoms with van der Waals surface area (Å²) in [6.07, 6.45) is 1.95. The summed E-state index contributed by atoms with van der Waals surface area (Å²) in [5.74, 6) is -0.111. The average molecular weight is 513 g/mol. The second kappa shape index (κ2) is 8.20. The summed E-state index contributed by atoms with van der Waals surface area (Å²) in [6.45, 7) is 6.20. The first kappa shape index (κ1) is 20.0. The van der Waals surface area contributed by atoms with Gasteiger partial charge >= 0.3 is 0 Å². The average Bonchev–Trinajstić information content (AvgIpc) is 3.17. The Morgan fingerprint density at radius 2 is 1.72 bits per heavy atom. The standard InChI is InChI=1S/C23H20IN3OS/c1-14-4-8-19(9-5-14)25-23-26-22(28)21(29-23)13-17-12-15(2)27(16(17)3)20-10-6-18(24)7-11-20/h4-13H,1-3H3,(H,25,26,28)/b21-13-. The fourth-order valence-electron chi connectivity index (χ4n) is 3.28. The van der Waals surface area contributed by atoms with Crippen LogP contribution in [-0.2, 0) is 4.79 Å². The quantitative estimate of drug-likeness (QED) is 0.350. The van der Waals surface area contributed by atoms with Crippen molar-refractivity contribution in [2.24, 2.45) is 4.99 Å². The van der Waals surface area contributed by atoms with Crippen molar-refractivity contribution < 1.29 is 4.79 Å². The number of nitrogens with zero attached hydrogens (tertiary/aromatic N) is 2. The lowest BCUT2D eigenvalue weighted by molar-refractivity contribution is -0.115. The molecule has 0 saturated carbocycles. The van der Waals surface area contributed by atoms with Crippen LogP contribution in [0.5, 0.6) is 0 Å². The molecule has 0 atom stereocenters. The lowest BCUT2D eigenvalue weighted by atomic mass is 10.2. The number of aromatic nitrogens is 1. The molecular formula is C23H20IN3OS. The zero-order chi connectivity index (χ0) is 20.5. The van der Waals surface area contributed by atoms with Gasteiger partial charge in [-0.25, -0.2) is 4.99 Å². The van der Waals surface area contributed by atoms with Gasteiger partial charge in [0.2, 0.25) is 0 Å². The van der Waals surface area contributed by atoms with Gasteiger partial charge in [0.15, 0.2) is 5.17 Å². The molecule has 1 aliphatic heterocycles. The van der Waals surface area contributed by atoms with Gasteiger partial charge in [0, 0.05) is 20.6 Å². The SMILES string of the molecule is Cc1ccc(N=C2NC(=O)/C(=C/c3cc(C)n(-c4ccc(I)cc4)c3C)S2)cc1. The van der Waals surface area contributed by atoms with Crippen LogP contribution in [0.1, 0.15) is 22.5 Å². The topological polar surface area (TPSA) is 46.4 Å². The highest BCUT2D eigenvalue weighted by Gasteiger charge is 2.24. The molecule has 29 heavy (non-hydrogen) atoms. The number of rotatable bonds is 3. The maximum atomic E-state index is 12.5. The molecule has 1 amide bonds. The number of carbonyl (C=O) groups excluding carboxylic acids is 1. The summed E-state index contributed by atoms with van der Waals surface area (Å²) >= 11 is 3.68.